The zero-order chi connectivity index (χ0) is 22.8. The molecule has 5 heteroatoms. The lowest BCUT2D eigenvalue weighted by Crippen LogP contribution is -2.33. The highest BCUT2D eigenvalue weighted by molar-refractivity contribution is 6.02. The van der Waals surface area contributed by atoms with Gasteiger partial charge in [-0.1, -0.05) is 57.0 Å². The molecule has 2 amide bonds. The minimum atomic E-state index is -0.108. The maximum absolute atomic E-state index is 13.2. The molecule has 1 fully saturated rings. The maximum Gasteiger partial charge on any atom is 0.253 e. The van der Waals surface area contributed by atoms with Crippen LogP contribution in [0.15, 0.2) is 48.5 Å². The first-order valence-corrected chi connectivity index (χ1v) is 12.1. The summed E-state index contributed by atoms with van der Waals surface area (Å²) >= 11 is 0. The molecule has 0 saturated carbocycles. The largest absolute Gasteiger partial charge is 0.371 e. The van der Waals surface area contributed by atoms with Crippen LogP contribution in [0.4, 0.5) is 11.4 Å². The van der Waals surface area contributed by atoms with Crippen molar-refractivity contribution in [2.24, 2.45) is 5.92 Å². The molecule has 1 aliphatic heterocycles. The summed E-state index contributed by atoms with van der Waals surface area (Å²) in [4.78, 5) is 28.3. The Labute approximate surface area is 192 Å². The predicted octanol–water partition coefficient (Wildman–Crippen LogP) is 5.76. The van der Waals surface area contributed by atoms with E-state index in [0.29, 0.717) is 17.8 Å². The molecular formula is C27H37N3O2. The Morgan fingerprint density at radius 3 is 2.44 bits per heavy atom. The highest BCUT2D eigenvalue weighted by Crippen LogP contribution is 2.28. The average molecular weight is 436 g/mol. The Bertz CT molecular complexity index is 876. The fourth-order valence-corrected chi connectivity index (χ4v) is 4.30. The number of hydrogen-bond donors (Lipinski definition) is 2. The standard InChI is InChI=1S/C27H37N3O2/c1-3-5-14-22(4-2)26(31)29-23-15-16-25(30-17-10-7-11-18-30)24(19-23)27(32)28-20-21-12-8-6-9-13-21/h6,8-9,12-13,15-16,19,22H,3-5,7,10-11,14,17-18,20H2,1-2H3,(H,28,32)(H,29,31)/t22-/m1/s1. The van der Waals surface area contributed by atoms with Gasteiger partial charge in [-0.05, 0) is 55.9 Å². The summed E-state index contributed by atoms with van der Waals surface area (Å²) in [7, 11) is 0. The molecule has 172 valence electrons. The molecule has 1 atom stereocenters. The van der Waals surface area contributed by atoms with E-state index in [2.05, 4.69) is 29.4 Å². The number of anilines is 2. The van der Waals surface area contributed by atoms with Crippen LogP contribution in [0.3, 0.4) is 0 Å². The molecule has 2 aromatic carbocycles. The van der Waals surface area contributed by atoms with Crippen molar-refractivity contribution in [3.63, 3.8) is 0 Å². The Kier molecular flexibility index (Phi) is 9.14. The number of nitrogens with one attached hydrogen (secondary N) is 2. The van der Waals surface area contributed by atoms with Crippen molar-refractivity contribution < 1.29 is 9.59 Å². The molecular weight excluding hydrogens is 398 g/mol. The van der Waals surface area contributed by atoms with Crippen LogP contribution in [-0.4, -0.2) is 24.9 Å². The fourth-order valence-electron chi connectivity index (χ4n) is 4.30. The minimum Gasteiger partial charge on any atom is -0.371 e. The van der Waals surface area contributed by atoms with Gasteiger partial charge in [0.15, 0.2) is 0 Å². The van der Waals surface area contributed by atoms with Crippen molar-refractivity contribution in [2.45, 2.75) is 65.3 Å². The first kappa shape index (κ1) is 23.8. The molecule has 0 bridgehead atoms. The van der Waals surface area contributed by atoms with Crippen LogP contribution in [0.1, 0.15) is 74.7 Å². The lowest BCUT2D eigenvalue weighted by atomic mass is 9.98. The van der Waals surface area contributed by atoms with Crippen LogP contribution in [0.2, 0.25) is 0 Å². The topological polar surface area (TPSA) is 61.4 Å². The number of rotatable bonds is 10. The third kappa shape index (κ3) is 6.59. The summed E-state index contributed by atoms with van der Waals surface area (Å²) in [6.07, 6.45) is 7.36. The van der Waals surface area contributed by atoms with E-state index >= 15 is 0 Å². The number of hydrogen-bond acceptors (Lipinski definition) is 3. The van der Waals surface area contributed by atoms with Crippen molar-refractivity contribution in [1.82, 2.24) is 5.32 Å². The Morgan fingerprint density at radius 1 is 1.00 bits per heavy atom. The predicted molar refractivity (Wildman–Crippen MR) is 132 cm³/mol. The van der Waals surface area contributed by atoms with E-state index in [0.717, 1.165) is 62.9 Å². The van der Waals surface area contributed by atoms with E-state index in [4.69, 9.17) is 0 Å². The summed E-state index contributed by atoms with van der Waals surface area (Å²) < 4.78 is 0. The van der Waals surface area contributed by atoms with Gasteiger partial charge in [0.05, 0.1) is 5.56 Å². The number of carbonyl (C=O) groups excluding carboxylic acids is 2. The molecule has 5 nitrogen and oxygen atoms in total. The number of carbonyl (C=O) groups is 2. The van der Waals surface area contributed by atoms with Crippen LogP contribution in [-0.2, 0) is 11.3 Å². The first-order valence-electron chi connectivity index (χ1n) is 12.1. The molecule has 1 aliphatic rings. The quantitative estimate of drug-likeness (QED) is 0.499. The number of amides is 2. The van der Waals surface area contributed by atoms with Crippen molar-refractivity contribution >= 4 is 23.2 Å². The molecule has 1 heterocycles. The summed E-state index contributed by atoms with van der Waals surface area (Å²) in [6, 6.07) is 15.7. The lowest BCUT2D eigenvalue weighted by Gasteiger charge is -2.30. The van der Waals surface area contributed by atoms with E-state index in [9.17, 15) is 9.59 Å². The molecule has 2 aromatic rings. The molecule has 3 rings (SSSR count). The van der Waals surface area contributed by atoms with E-state index < -0.39 is 0 Å². The van der Waals surface area contributed by atoms with Gasteiger partial charge >= 0.3 is 0 Å². The van der Waals surface area contributed by atoms with Crippen LogP contribution < -0.4 is 15.5 Å². The highest BCUT2D eigenvalue weighted by atomic mass is 16.2. The van der Waals surface area contributed by atoms with Crippen molar-refractivity contribution in [3.05, 3.63) is 59.7 Å². The van der Waals surface area contributed by atoms with Crippen molar-refractivity contribution in [3.8, 4) is 0 Å². The second-order valence-corrected chi connectivity index (χ2v) is 8.68. The zero-order valence-electron chi connectivity index (χ0n) is 19.5. The number of nitrogens with zero attached hydrogens (tertiary/aromatic N) is 1. The van der Waals surface area contributed by atoms with Crippen molar-refractivity contribution in [2.75, 3.05) is 23.3 Å². The van der Waals surface area contributed by atoms with E-state index in [-0.39, 0.29) is 17.7 Å². The summed E-state index contributed by atoms with van der Waals surface area (Å²) in [6.45, 7) is 6.59. The molecule has 0 radical (unpaired) electrons. The third-order valence-electron chi connectivity index (χ3n) is 6.27. The van der Waals surface area contributed by atoms with E-state index in [1.807, 2.05) is 48.5 Å². The number of benzene rings is 2. The molecule has 0 unspecified atom stereocenters. The molecule has 1 saturated heterocycles. The van der Waals surface area contributed by atoms with Crippen molar-refractivity contribution in [1.29, 1.82) is 0 Å². The molecule has 32 heavy (non-hydrogen) atoms. The zero-order valence-corrected chi connectivity index (χ0v) is 19.5. The Hall–Kier alpha value is -2.82. The summed E-state index contributed by atoms with van der Waals surface area (Å²) in [5.41, 5.74) is 3.33. The highest BCUT2D eigenvalue weighted by Gasteiger charge is 2.21. The lowest BCUT2D eigenvalue weighted by molar-refractivity contribution is -0.120. The van der Waals surface area contributed by atoms with Gasteiger partial charge in [-0.15, -0.1) is 0 Å². The average Bonchev–Trinajstić information content (AvgIpc) is 2.84. The van der Waals surface area contributed by atoms with E-state index in [1.165, 1.54) is 6.42 Å². The van der Waals surface area contributed by atoms with Gasteiger partial charge in [0.2, 0.25) is 5.91 Å². The smallest absolute Gasteiger partial charge is 0.253 e. The first-order chi connectivity index (χ1) is 15.6. The fraction of sp³-hybridized carbons (Fsp3) is 0.481. The minimum absolute atomic E-state index is 0.00655. The maximum atomic E-state index is 13.2. The van der Waals surface area contributed by atoms with Gasteiger partial charge in [-0.3, -0.25) is 9.59 Å². The second-order valence-electron chi connectivity index (χ2n) is 8.68. The van der Waals surface area contributed by atoms with Gasteiger partial charge in [-0.2, -0.15) is 0 Å². The van der Waals surface area contributed by atoms with Crippen LogP contribution in [0.25, 0.3) is 0 Å². The van der Waals surface area contributed by atoms with Gasteiger partial charge < -0.3 is 15.5 Å². The summed E-state index contributed by atoms with van der Waals surface area (Å²) in [5, 5.41) is 6.12. The monoisotopic (exact) mass is 435 g/mol. The van der Waals surface area contributed by atoms with Gasteiger partial charge in [0.25, 0.3) is 5.91 Å². The van der Waals surface area contributed by atoms with Crippen LogP contribution in [0.5, 0.6) is 0 Å². The Morgan fingerprint density at radius 2 is 1.75 bits per heavy atom. The number of piperidine rings is 1. The van der Waals surface area contributed by atoms with Gasteiger partial charge in [-0.25, -0.2) is 0 Å². The molecule has 0 aliphatic carbocycles. The third-order valence-corrected chi connectivity index (χ3v) is 6.27. The number of unbranched alkanes of at least 4 members (excludes halogenated alkanes) is 1. The van der Waals surface area contributed by atoms with Gasteiger partial charge in [0.1, 0.15) is 0 Å². The van der Waals surface area contributed by atoms with Gasteiger partial charge in [0, 0.05) is 36.9 Å². The molecule has 0 spiro atoms. The SMILES string of the molecule is CCCC[C@@H](CC)C(=O)Nc1ccc(N2CCCCC2)c(C(=O)NCc2ccccc2)c1. The van der Waals surface area contributed by atoms with Crippen LogP contribution >= 0.6 is 0 Å². The van der Waals surface area contributed by atoms with E-state index in [1.54, 1.807) is 0 Å². The molecule has 2 N–H and O–H groups in total. The van der Waals surface area contributed by atoms with Crippen LogP contribution in [0, 0.1) is 5.92 Å². The molecule has 0 aromatic heterocycles. The second kappa shape index (κ2) is 12.3. The summed E-state index contributed by atoms with van der Waals surface area (Å²) in [5.74, 6) is -0.0575. The Balaban J connectivity index is 1.79. The normalized spacial score (nSPS) is 14.6.